The first-order valence-electron chi connectivity index (χ1n) is 11.9. The molecule has 0 bridgehead atoms. The Kier molecular flexibility index (Phi) is 5.58. The van der Waals surface area contributed by atoms with Gasteiger partial charge >= 0.3 is 0 Å². The number of aromatic nitrogens is 2. The van der Waals surface area contributed by atoms with Gasteiger partial charge in [0.1, 0.15) is 12.2 Å². The van der Waals surface area contributed by atoms with Crippen LogP contribution in [0.4, 0.5) is 17.1 Å². The summed E-state index contributed by atoms with van der Waals surface area (Å²) >= 11 is 0. The summed E-state index contributed by atoms with van der Waals surface area (Å²) < 4.78 is 1.55. The van der Waals surface area contributed by atoms with Gasteiger partial charge in [-0.2, -0.15) is 0 Å². The Morgan fingerprint density at radius 2 is 1.35 bits per heavy atom. The summed E-state index contributed by atoms with van der Waals surface area (Å²) in [5.41, 5.74) is 5.11. The van der Waals surface area contributed by atoms with Gasteiger partial charge in [0.25, 0.3) is 0 Å². The minimum Gasteiger partial charge on any atom is -0.493 e. The van der Waals surface area contributed by atoms with Gasteiger partial charge in [-0.25, -0.2) is 4.98 Å². The second-order valence-corrected chi connectivity index (χ2v) is 8.88. The summed E-state index contributed by atoms with van der Waals surface area (Å²) in [4.78, 5) is 17.6. The quantitative estimate of drug-likeness (QED) is 0.197. The van der Waals surface area contributed by atoms with Crippen molar-refractivity contribution >= 4 is 55.7 Å². The van der Waals surface area contributed by atoms with Gasteiger partial charge in [0.2, 0.25) is 11.8 Å². The van der Waals surface area contributed by atoms with E-state index in [1.807, 2.05) is 104 Å². The van der Waals surface area contributed by atoms with Crippen LogP contribution in [0.5, 0.6) is 5.88 Å². The first-order chi connectivity index (χ1) is 18.1. The van der Waals surface area contributed by atoms with E-state index >= 15 is 0 Å². The molecule has 2 N–H and O–H groups in total. The molecule has 0 aliphatic carbocycles. The SMILES string of the molecule is Cc1ccc(NC(=O)Cn2c(O)c(N=Nc3c4ccccc4nc4ccccc34)c3ccccc32)cc1. The molecule has 0 unspecified atom stereocenters. The summed E-state index contributed by atoms with van der Waals surface area (Å²) in [6.07, 6.45) is 0. The highest BCUT2D eigenvalue weighted by atomic mass is 16.3. The number of anilines is 1. The van der Waals surface area contributed by atoms with Crippen LogP contribution in [0.3, 0.4) is 0 Å². The minimum atomic E-state index is -0.255. The molecular weight excluding hydrogens is 462 g/mol. The summed E-state index contributed by atoms with van der Waals surface area (Å²) in [5, 5.41) is 25.7. The van der Waals surface area contributed by atoms with Crippen molar-refractivity contribution in [1.29, 1.82) is 0 Å². The van der Waals surface area contributed by atoms with Gasteiger partial charge in [-0.3, -0.25) is 4.79 Å². The van der Waals surface area contributed by atoms with E-state index < -0.39 is 0 Å². The topological polar surface area (TPSA) is 91.9 Å². The van der Waals surface area contributed by atoms with Gasteiger partial charge in [-0.1, -0.05) is 72.3 Å². The average molecular weight is 486 g/mol. The number of carbonyl (C=O) groups is 1. The van der Waals surface area contributed by atoms with Crippen molar-refractivity contribution in [2.75, 3.05) is 5.32 Å². The van der Waals surface area contributed by atoms with Gasteiger partial charge in [0.15, 0.2) is 5.69 Å². The van der Waals surface area contributed by atoms with E-state index in [-0.39, 0.29) is 18.3 Å². The highest BCUT2D eigenvalue weighted by Crippen LogP contribution is 2.41. The molecule has 0 aliphatic heterocycles. The van der Waals surface area contributed by atoms with Crippen molar-refractivity contribution < 1.29 is 9.90 Å². The van der Waals surface area contributed by atoms with Crippen LogP contribution < -0.4 is 5.32 Å². The van der Waals surface area contributed by atoms with Gasteiger partial charge < -0.3 is 15.0 Å². The van der Waals surface area contributed by atoms with Crippen molar-refractivity contribution in [2.24, 2.45) is 10.2 Å². The third-order valence-corrected chi connectivity index (χ3v) is 6.36. The molecule has 0 aliphatic rings. The monoisotopic (exact) mass is 485 g/mol. The van der Waals surface area contributed by atoms with Gasteiger partial charge in [-0.05, 0) is 37.3 Å². The fourth-order valence-electron chi connectivity index (χ4n) is 4.54. The predicted molar refractivity (Wildman–Crippen MR) is 147 cm³/mol. The number of hydrogen-bond donors (Lipinski definition) is 2. The standard InChI is InChI=1S/C30H23N5O2/c1-19-14-16-20(17-15-19)31-27(36)18-35-26-13-7-4-10-23(26)29(30(35)37)34-33-28-21-8-2-5-11-24(21)32-25-12-6-3-9-22(25)28/h2-17,37H,18H2,1H3,(H,31,36). The fraction of sp³-hybridized carbons (Fsp3) is 0.0667. The van der Waals surface area contributed by atoms with Crippen LogP contribution in [-0.2, 0) is 11.3 Å². The van der Waals surface area contributed by atoms with Crippen LogP contribution in [0, 0.1) is 6.92 Å². The predicted octanol–water partition coefficient (Wildman–Crippen LogP) is 7.41. The second-order valence-electron chi connectivity index (χ2n) is 8.88. The number of amides is 1. The molecule has 0 spiro atoms. The molecule has 7 nitrogen and oxygen atoms in total. The van der Waals surface area contributed by atoms with Crippen LogP contribution in [0.1, 0.15) is 5.56 Å². The number of para-hydroxylation sites is 3. The van der Waals surface area contributed by atoms with Crippen LogP contribution in [-0.4, -0.2) is 20.6 Å². The van der Waals surface area contributed by atoms with Gasteiger partial charge in [0, 0.05) is 21.8 Å². The van der Waals surface area contributed by atoms with Gasteiger partial charge in [-0.15, -0.1) is 10.2 Å². The van der Waals surface area contributed by atoms with Crippen molar-refractivity contribution in [3.8, 4) is 5.88 Å². The van der Waals surface area contributed by atoms with E-state index in [9.17, 15) is 9.90 Å². The van der Waals surface area contributed by atoms with E-state index in [1.54, 1.807) is 4.57 Å². The highest BCUT2D eigenvalue weighted by Gasteiger charge is 2.19. The van der Waals surface area contributed by atoms with E-state index in [0.717, 1.165) is 27.4 Å². The molecule has 2 heterocycles. The number of benzene rings is 4. The van der Waals surface area contributed by atoms with Crippen LogP contribution in [0.25, 0.3) is 32.7 Å². The molecule has 1 amide bonds. The maximum atomic E-state index is 12.8. The maximum absolute atomic E-state index is 12.8. The molecule has 6 aromatic rings. The maximum Gasteiger partial charge on any atom is 0.244 e. The Hall–Kier alpha value is -5.04. The fourth-order valence-corrected chi connectivity index (χ4v) is 4.54. The lowest BCUT2D eigenvalue weighted by molar-refractivity contribution is -0.116. The number of hydrogen-bond acceptors (Lipinski definition) is 5. The molecule has 0 radical (unpaired) electrons. The highest BCUT2D eigenvalue weighted by molar-refractivity contribution is 6.06. The third kappa shape index (κ3) is 4.16. The van der Waals surface area contributed by atoms with Crippen molar-refractivity contribution in [2.45, 2.75) is 13.5 Å². The number of pyridine rings is 1. The number of nitrogens with one attached hydrogen (secondary N) is 1. The second kappa shape index (κ2) is 9.20. The zero-order valence-corrected chi connectivity index (χ0v) is 20.1. The first-order valence-corrected chi connectivity index (χ1v) is 11.9. The molecule has 0 atom stereocenters. The van der Waals surface area contributed by atoms with E-state index in [2.05, 4.69) is 15.5 Å². The molecule has 2 aromatic heterocycles. The normalized spacial score (nSPS) is 11.6. The summed E-state index contributed by atoms with van der Waals surface area (Å²) in [6.45, 7) is 1.92. The smallest absolute Gasteiger partial charge is 0.244 e. The molecule has 7 heteroatoms. The number of azo groups is 1. The Morgan fingerprint density at radius 3 is 2.03 bits per heavy atom. The van der Waals surface area contributed by atoms with Crippen molar-refractivity contribution in [3.05, 3.63) is 103 Å². The summed E-state index contributed by atoms with van der Waals surface area (Å²) in [5.74, 6) is -0.374. The van der Waals surface area contributed by atoms with E-state index in [4.69, 9.17) is 4.98 Å². The number of aryl methyl sites for hydroxylation is 1. The molecule has 0 saturated heterocycles. The minimum absolute atomic E-state index is 0.0726. The molecular formula is C30H23N5O2. The van der Waals surface area contributed by atoms with Crippen LogP contribution in [0.2, 0.25) is 0 Å². The average Bonchev–Trinajstić information content (AvgIpc) is 3.18. The molecule has 180 valence electrons. The number of nitrogens with zero attached hydrogens (tertiary/aromatic N) is 4. The summed E-state index contributed by atoms with van der Waals surface area (Å²) in [6, 6.07) is 30.6. The number of aromatic hydroxyl groups is 1. The summed E-state index contributed by atoms with van der Waals surface area (Å²) in [7, 11) is 0. The van der Waals surface area contributed by atoms with Crippen LogP contribution in [0.15, 0.2) is 107 Å². The number of rotatable bonds is 5. The van der Waals surface area contributed by atoms with E-state index in [0.29, 0.717) is 28.0 Å². The largest absolute Gasteiger partial charge is 0.493 e. The number of carbonyl (C=O) groups excluding carboxylic acids is 1. The molecule has 6 rings (SSSR count). The van der Waals surface area contributed by atoms with Crippen molar-refractivity contribution in [1.82, 2.24) is 9.55 Å². The Morgan fingerprint density at radius 1 is 0.784 bits per heavy atom. The Labute approximate surface area is 212 Å². The molecule has 4 aromatic carbocycles. The lowest BCUT2D eigenvalue weighted by Gasteiger charge is -2.09. The Balaban J connectivity index is 1.42. The zero-order valence-electron chi connectivity index (χ0n) is 20.1. The molecule has 0 fully saturated rings. The lowest BCUT2D eigenvalue weighted by atomic mass is 10.1. The van der Waals surface area contributed by atoms with Crippen LogP contribution >= 0.6 is 0 Å². The first kappa shape index (κ1) is 22.4. The third-order valence-electron chi connectivity index (χ3n) is 6.36. The number of fused-ring (bicyclic) bond motifs is 3. The molecule has 37 heavy (non-hydrogen) atoms. The lowest BCUT2D eigenvalue weighted by Crippen LogP contribution is -2.18. The van der Waals surface area contributed by atoms with E-state index in [1.165, 1.54) is 0 Å². The van der Waals surface area contributed by atoms with Gasteiger partial charge in [0.05, 0.1) is 16.6 Å². The van der Waals surface area contributed by atoms with Crippen molar-refractivity contribution in [3.63, 3.8) is 0 Å². The molecule has 0 saturated carbocycles. The zero-order chi connectivity index (χ0) is 25.4. The Bertz CT molecular complexity index is 1770.